The Morgan fingerprint density at radius 2 is 1.72 bits per heavy atom. The summed E-state index contributed by atoms with van der Waals surface area (Å²) in [7, 11) is 0. The molecule has 0 radical (unpaired) electrons. The van der Waals surface area contributed by atoms with Crippen LogP contribution in [0.15, 0.2) is 76.6 Å². The van der Waals surface area contributed by atoms with E-state index in [9.17, 15) is 0 Å². The quantitative estimate of drug-likeness (QED) is 0.117. The van der Waals surface area contributed by atoms with Crippen LogP contribution < -0.4 is 9.64 Å². The van der Waals surface area contributed by atoms with Gasteiger partial charge in [-0.3, -0.25) is 4.99 Å². The van der Waals surface area contributed by atoms with Crippen LogP contribution in [0.25, 0.3) is 22.8 Å². The highest BCUT2D eigenvalue weighted by molar-refractivity contribution is 7.99. The standard InChI is InChI=1S/C43H57N3O3S/c1-4-6-23-47-25-26-49-40-17-12-35(13-18-40)38-16-21-42-39(28-38)27-37(11-7-8-22-46(42)29-34-10-9-24-48-30-34)36-14-19-41(20-15-36)50-31-43-33(3)44-32-45(43)5-2/h12-21,27-28,32-34,43H,4-11,22-26,29-31H2,1-3H3/b37-27+. The number of rotatable bonds is 15. The highest BCUT2D eigenvalue weighted by Gasteiger charge is 2.26. The summed E-state index contributed by atoms with van der Waals surface area (Å²) in [6, 6.07) is 25.7. The van der Waals surface area contributed by atoms with Crippen molar-refractivity contribution < 1.29 is 14.2 Å². The molecule has 0 aromatic heterocycles. The molecule has 3 heterocycles. The molecule has 1 saturated heterocycles. The smallest absolute Gasteiger partial charge is 0.119 e. The number of fused-ring (bicyclic) bond motifs is 1. The van der Waals surface area contributed by atoms with E-state index in [-0.39, 0.29) is 0 Å². The molecule has 0 N–H and O–H groups in total. The van der Waals surface area contributed by atoms with Gasteiger partial charge < -0.3 is 24.0 Å². The molecule has 0 aliphatic carbocycles. The summed E-state index contributed by atoms with van der Waals surface area (Å²) in [6.45, 7) is 13.5. The molecule has 0 amide bonds. The van der Waals surface area contributed by atoms with Crippen molar-refractivity contribution in [2.24, 2.45) is 10.9 Å². The molecule has 3 aromatic carbocycles. The number of ether oxygens (including phenoxy) is 3. The van der Waals surface area contributed by atoms with E-state index in [1.807, 2.05) is 18.1 Å². The third-order valence-corrected chi connectivity index (χ3v) is 11.4. The number of hydrogen-bond donors (Lipinski definition) is 0. The van der Waals surface area contributed by atoms with Crippen LogP contribution in [0.3, 0.4) is 0 Å². The third kappa shape index (κ3) is 9.95. The van der Waals surface area contributed by atoms with Gasteiger partial charge in [0.05, 0.1) is 31.6 Å². The van der Waals surface area contributed by atoms with Gasteiger partial charge in [0.1, 0.15) is 12.4 Å². The average Bonchev–Trinajstić information content (AvgIpc) is 3.55. The van der Waals surface area contributed by atoms with Crippen molar-refractivity contribution in [3.05, 3.63) is 77.9 Å². The molecule has 1 fully saturated rings. The molecule has 0 saturated carbocycles. The lowest BCUT2D eigenvalue weighted by Gasteiger charge is -2.32. The zero-order valence-electron chi connectivity index (χ0n) is 30.5. The van der Waals surface area contributed by atoms with Gasteiger partial charge in [0, 0.05) is 49.2 Å². The predicted molar refractivity (Wildman–Crippen MR) is 212 cm³/mol. The van der Waals surface area contributed by atoms with Gasteiger partial charge in [-0.05, 0) is 129 Å². The van der Waals surface area contributed by atoms with Gasteiger partial charge in [-0.15, -0.1) is 11.8 Å². The van der Waals surface area contributed by atoms with Crippen molar-refractivity contribution >= 4 is 35.4 Å². The van der Waals surface area contributed by atoms with Gasteiger partial charge in [0.15, 0.2) is 0 Å². The maximum atomic E-state index is 5.96. The van der Waals surface area contributed by atoms with Crippen molar-refractivity contribution in [3.63, 3.8) is 0 Å². The summed E-state index contributed by atoms with van der Waals surface area (Å²) in [6.07, 6.45) is 12.6. The lowest BCUT2D eigenvalue weighted by Crippen LogP contribution is -2.37. The van der Waals surface area contributed by atoms with Crippen molar-refractivity contribution in [2.75, 3.05) is 63.3 Å². The first kappa shape index (κ1) is 36.5. The Bertz CT molecular complexity index is 1530. The van der Waals surface area contributed by atoms with E-state index in [2.05, 4.69) is 108 Å². The molecule has 3 aromatic rings. The van der Waals surface area contributed by atoms with E-state index in [1.54, 1.807) is 0 Å². The Morgan fingerprint density at radius 3 is 2.50 bits per heavy atom. The van der Waals surface area contributed by atoms with Crippen molar-refractivity contribution in [2.45, 2.75) is 82.7 Å². The number of anilines is 1. The van der Waals surface area contributed by atoms with Crippen molar-refractivity contribution in [1.29, 1.82) is 0 Å². The van der Waals surface area contributed by atoms with Gasteiger partial charge in [-0.1, -0.05) is 43.7 Å². The Labute approximate surface area is 305 Å². The van der Waals surface area contributed by atoms with Gasteiger partial charge in [0.2, 0.25) is 0 Å². The van der Waals surface area contributed by atoms with Crippen LogP contribution >= 0.6 is 11.8 Å². The Balaban J connectivity index is 1.22. The van der Waals surface area contributed by atoms with Gasteiger partial charge in [-0.2, -0.15) is 0 Å². The van der Waals surface area contributed by atoms with E-state index in [1.165, 1.54) is 64.1 Å². The number of aliphatic imine (C=N–C) groups is 1. The SMILES string of the molecule is CCCCOCCOc1ccc(-c2ccc3c(c2)/C=C(/c2ccc(SCC4C(C)N=CN4CC)cc2)CCCCN3CC2CCCOC2)cc1. The second-order valence-corrected chi connectivity index (χ2v) is 15.1. The van der Waals surface area contributed by atoms with Crippen LogP contribution in [0.1, 0.15) is 76.8 Å². The number of allylic oxidation sites excluding steroid dienone is 1. The normalized spacial score (nSPS) is 22.0. The molecule has 3 aliphatic heterocycles. The van der Waals surface area contributed by atoms with Crippen molar-refractivity contribution in [3.8, 4) is 16.9 Å². The van der Waals surface area contributed by atoms with Crippen LogP contribution in [-0.4, -0.2) is 81.7 Å². The molecular formula is C43H57N3O3S. The van der Waals surface area contributed by atoms with E-state index in [4.69, 9.17) is 14.2 Å². The van der Waals surface area contributed by atoms with Crippen molar-refractivity contribution in [1.82, 2.24) is 4.90 Å². The van der Waals surface area contributed by atoms with E-state index >= 15 is 0 Å². The van der Waals surface area contributed by atoms with Gasteiger partial charge in [-0.25, -0.2) is 0 Å². The zero-order valence-corrected chi connectivity index (χ0v) is 31.3. The first-order valence-corrected chi connectivity index (χ1v) is 20.1. The minimum Gasteiger partial charge on any atom is -0.491 e. The number of hydrogen-bond acceptors (Lipinski definition) is 7. The number of benzene rings is 3. The molecule has 7 heteroatoms. The lowest BCUT2D eigenvalue weighted by molar-refractivity contribution is 0.0572. The van der Waals surface area contributed by atoms with Crippen LogP contribution in [0, 0.1) is 5.92 Å². The third-order valence-electron chi connectivity index (χ3n) is 10.3. The monoisotopic (exact) mass is 695 g/mol. The summed E-state index contributed by atoms with van der Waals surface area (Å²) in [4.78, 5) is 11.0. The number of likely N-dealkylation sites (N-methyl/N-ethyl adjacent to an activating group) is 1. The van der Waals surface area contributed by atoms with Crippen LogP contribution in [-0.2, 0) is 9.47 Å². The van der Waals surface area contributed by atoms with E-state index in [0.29, 0.717) is 31.2 Å². The second kappa shape index (κ2) is 18.8. The largest absolute Gasteiger partial charge is 0.491 e. The fraction of sp³-hybridized carbons (Fsp3) is 0.512. The Morgan fingerprint density at radius 1 is 0.900 bits per heavy atom. The number of thioether (sulfide) groups is 1. The molecule has 268 valence electrons. The molecule has 3 atom stereocenters. The minimum atomic E-state index is 0.354. The maximum absolute atomic E-state index is 5.96. The summed E-state index contributed by atoms with van der Waals surface area (Å²) >= 11 is 1.95. The molecule has 6 rings (SSSR count). The van der Waals surface area contributed by atoms with Crippen LogP contribution in [0.5, 0.6) is 5.75 Å². The van der Waals surface area contributed by atoms with Crippen LogP contribution in [0.2, 0.25) is 0 Å². The minimum absolute atomic E-state index is 0.354. The highest BCUT2D eigenvalue weighted by atomic mass is 32.2. The van der Waals surface area contributed by atoms with Gasteiger partial charge >= 0.3 is 0 Å². The first-order chi connectivity index (χ1) is 24.6. The summed E-state index contributed by atoms with van der Waals surface area (Å²) < 4.78 is 17.5. The number of nitrogens with zero attached hydrogens (tertiary/aromatic N) is 3. The van der Waals surface area contributed by atoms with E-state index in [0.717, 1.165) is 70.2 Å². The Hall–Kier alpha value is -3.26. The number of unbranched alkanes of at least 4 members (excludes halogenated alkanes) is 1. The zero-order chi connectivity index (χ0) is 34.5. The second-order valence-electron chi connectivity index (χ2n) is 14.0. The fourth-order valence-corrected chi connectivity index (χ4v) is 8.44. The topological polar surface area (TPSA) is 46.5 Å². The average molecular weight is 696 g/mol. The summed E-state index contributed by atoms with van der Waals surface area (Å²) in [5.41, 5.74) is 7.81. The Kier molecular flexibility index (Phi) is 13.8. The lowest BCUT2D eigenvalue weighted by atomic mass is 9.95. The molecule has 50 heavy (non-hydrogen) atoms. The van der Waals surface area contributed by atoms with E-state index < -0.39 is 0 Å². The molecule has 6 nitrogen and oxygen atoms in total. The molecule has 0 spiro atoms. The molecular weight excluding hydrogens is 639 g/mol. The first-order valence-electron chi connectivity index (χ1n) is 19.1. The summed E-state index contributed by atoms with van der Waals surface area (Å²) in [5, 5.41) is 0. The predicted octanol–water partition coefficient (Wildman–Crippen LogP) is 9.72. The fourth-order valence-electron chi connectivity index (χ4n) is 7.28. The highest BCUT2D eigenvalue weighted by Crippen LogP contribution is 2.36. The summed E-state index contributed by atoms with van der Waals surface area (Å²) in [5.74, 6) is 2.52. The van der Waals surface area contributed by atoms with Gasteiger partial charge in [0.25, 0.3) is 0 Å². The molecule has 0 bridgehead atoms. The molecule has 3 unspecified atom stereocenters. The van der Waals surface area contributed by atoms with Crippen LogP contribution in [0.4, 0.5) is 5.69 Å². The maximum Gasteiger partial charge on any atom is 0.119 e. The molecule has 3 aliphatic rings.